The maximum absolute atomic E-state index is 9.59. The lowest BCUT2D eigenvalue weighted by atomic mass is 10.1. The molecule has 3 nitrogen and oxygen atoms in total. The Kier molecular flexibility index (Phi) is 1.65. The van der Waals surface area contributed by atoms with E-state index in [4.69, 9.17) is 0 Å². The third-order valence-corrected chi connectivity index (χ3v) is 2.32. The van der Waals surface area contributed by atoms with Crippen LogP contribution in [-0.2, 0) is 0 Å². The standard InChI is InChI=1S/C9H11NO2/c1-10-8(11)6-4-2-3-5-7(6)9(10)12/h2-5,8-9,11-12H,1H3/t8-,9+. The molecule has 0 spiro atoms. The van der Waals surface area contributed by atoms with E-state index in [-0.39, 0.29) is 0 Å². The first kappa shape index (κ1) is 7.73. The fourth-order valence-corrected chi connectivity index (χ4v) is 1.55. The number of fused-ring (bicyclic) bond motifs is 1. The smallest absolute Gasteiger partial charge is 0.135 e. The molecule has 0 radical (unpaired) electrons. The van der Waals surface area contributed by atoms with Crippen molar-refractivity contribution >= 4 is 0 Å². The van der Waals surface area contributed by atoms with Crippen LogP contribution in [0.2, 0.25) is 0 Å². The quantitative estimate of drug-likeness (QED) is 0.592. The van der Waals surface area contributed by atoms with Crippen molar-refractivity contribution in [1.29, 1.82) is 0 Å². The number of benzene rings is 1. The summed E-state index contributed by atoms with van der Waals surface area (Å²) in [5, 5.41) is 19.2. The minimum atomic E-state index is -0.670. The molecule has 0 bridgehead atoms. The normalized spacial score (nSPS) is 28.9. The number of nitrogens with zero attached hydrogens (tertiary/aromatic N) is 1. The van der Waals surface area contributed by atoms with Gasteiger partial charge in [0.25, 0.3) is 0 Å². The average molecular weight is 165 g/mol. The summed E-state index contributed by atoms with van der Waals surface area (Å²) in [6.45, 7) is 0. The molecule has 0 aromatic heterocycles. The van der Waals surface area contributed by atoms with Crippen LogP contribution < -0.4 is 0 Å². The van der Waals surface area contributed by atoms with E-state index in [9.17, 15) is 10.2 Å². The Balaban J connectivity index is 2.52. The monoisotopic (exact) mass is 165 g/mol. The van der Waals surface area contributed by atoms with Crippen LogP contribution in [0.25, 0.3) is 0 Å². The van der Waals surface area contributed by atoms with Crippen molar-refractivity contribution in [2.24, 2.45) is 0 Å². The van der Waals surface area contributed by atoms with Crippen molar-refractivity contribution in [1.82, 2.24) is 4.90 Å². The summed E-state index contributed by atoms with van der Waals surface area (Å²) in [5.74, 6) is 0. The molecule has 0 fully saturated rings. The van der Waals surface area contributed by atoms with Crippen molar-refractivity contribution in [2.45, 2.75) is 12.5 Å². The number of hydrogen-bond acceptors (Lipinski definition) is 3. The summed E-state index contributed by atoms with van der Waals surface area (Å²) in [6.07, 6.45) is -1.34. The van der Waals surface area contributed by atoms with Gasteiger partial charge in [-0.15, -0.1) is 0 Å². The zero-order valence-electron chi connectivity index (χ0n) is 6.81. The van der Waals surface area contributed by atoms with Gasteiger partial charge in [-0.3, -0.25) is 0 Å². The summed E-state index contributed by atoms with van der Waals surface area (Å²) >= 11 is 0. The lowest BCUT2D eigenvalue weighted by Gasteiger charge is -2.17. The Morgan fingerprint density at radius 2 is 1.50 bits per heavy atom. The molecule has 1 aromatic rings. The zero-order valence-corrected chi connectivity index (χ0v) is 6.81. The second-order valence-corrected chi connectivity index (χ2v) is 3.04. The first-order valence-electron chi connectivity index (χ1n) is 3.88. The first-order chi connectivity index (χ1) is 5.72. The van der Waals surface area contributed by atoms with Gasteiger partial charge in [0.05, 0.1) is 0 Å². The topological polar surface area (TPSA) is 43.7 Å². The Morgan fingerprint density at radius 1 is 1.08 bits per heavy atom. The minimum absolute atomic E-state index is 0.670. The molecule has 1 aliphatic heterocycles. The Bertz CT molecular complexity index is 271. The van der Waals surface area contributed by atoms with Gasteiger partial charge in [0.2, 0.25) is 0 Å². The predicted octanol–water partition coefficient (Wildman–Crippen LogP) is 0.614. The van der Waals surface area contributed by atoms with Crippen molar-refractivity contribution < 1.29 is 10.2 Å². The van der Waals surface area contributed by atoms with E-state index in [2.05, 4.69) is 0 Å². The zero-order chi connectivity index (χ0) is 8.72. The van der Waals surface area contributed by atoms with Crippen LogP contribution >= 0.6 is 0 Å². The van der Waals surface area contributed by atoms with Gasteiger partial charge in [0.1, 0.15) is 12.5 Å². The van der Waals surface area contributed by atoms with Gasteiger partial charge >= 0.3 is 0 Å². The molecule has 0 saturated carbocycles. The van der Waals surface area contributed by atoms with Gasteiger partial charge in [0, 0.05) is 11.1 Å². The maximum Gasteiger partial charge on any atom is 0.135 e. The lowest BCUT2D eigenvalue weighted by molar-refractivity contribution is -0.0663. The van der Waals surface area contributed by atoms with Crippen LogP contribution in [0, 0.1) is 0 Å². The molecule has 1 aromatic carbocycles. The molecular weight excluding hydrogens is 154 g/mol. The number of aliphatic hydroxyl groups is 2. The highest BCUT2D eigenvalue weighted by Gasteiger charge is 2.32. The molecule has 0 unspecified atom stereocenters. The molecular formula is C9H11NO2. The Hall–Kier alpha value is -0.900. The molecule has 2 N–H and O–H groups in total. The highest BCUT2D eigenvalue weighted by Crippen LogP contribution is 2.36. The van der Waals surface area contributed by atoms with Crippen LogP contribution in [0.5, 0.6) is 0 Å². The summed E-state index contributed by atoms with van der Waals surface area (Å²) in [7, 11) is 1.69. The van der Waals surface area contributed by atoms with Crippen LogP contribution in [0.3, 0.4) is 0 Å². The van der Waals surface area contributed by atoms with Crippen LogP contribution in [0.4, 0.5) is 0 Å². The third-order valence-electron chi connectivity index (χ3n) is 2.32. The summed E-state index contributed by atoms with van der Waals surface area (Å²) in [4.78, 5) is 1.52. The third kappa shape index (κ3) is 0.876. The summed E-state index contributed by atoms with van der Waals surface area (Å²) < 4.78 is 0. The summed E-state index contributed by atoms with van der Waals surface area (Å²) in [6, 6.07) is 7.36. The highest BCUT2D eigenvalue weighted by molar-refractivity contribution is 5.34. The molecule has 2 atom stereocenters. The van der Waals surface area contributed by atoms with Gasteiger partial charge in [-0.25, -0.2) is 4.90 Å². The van der Waals surface area contributed by atoms with E-state index in [1.165, 1.54) is 4.90 Å². The molecule has 64 valence electrons. The predicted molar refractivity (Wildman–Crippen MR) is 44.1 cm³/mol. The fraction of sp³-hybridized carbons (Fsp3) is 0.333. The first-order valence-corrected chi connectivity index (χ1v) is 3.88. The second-order valence-electron chi connectivity index (χ2n) is 3.04. The van der Waals surface area contributed by atoms with Crippen molar-refractivity contribution in [3.63, 3.8) is 0 Å². The largest absolute Gasteiger partial charge is 0.374 e. The van der Waals surface area contributed by atoms with Gasteiger partial charge in [0.15, 0.2) is 0 Å². The Labute approximate surface area is 70.9 Å². The van der Waals surface area contributed by atoms with Crippen LogP contribution in [0.15, 0.2) is 24.3 Å². The van der Waals surface area contributed by atoms with E-state index < -0.39 is 12.5 Å². The van der Waals surface area contributed by atoms with Gasteiger partial charge in [-0.1, -0.05) is 24.3 Å². The van der Waals surface area contributed by atoms with E-state index in [1.54, 1.807) is 7.05 Å². The van der Waals surface area contributed by atoms with Crippen molar-refractivity contribution in [3.05, 3.63) is 35.4 Å². The summed E-state index contributed by atoms with van der Waals surface area (Å²) in [5.41, 5.74) is 1.60. The molecule has 2 rings (SSSR count). The highest BCUT2D eigenvalue weighted by atomic mass is 16.3. The molecule has 3 heteroatoms. The van der Waals surface area contributed by atoms with Gasteiger partial charge in [-0.2, -0.15) is 0 Å². The molecule has 0 saturated heterocycles. The number of hydrogen-bond donors (Lipinski definition) is 2. The molecule has 0 amide bonds. The van der Waals surface area contributed by atoms with E-state index in [1.807, 2.05) is 24.3 Å². The van der Waals surface area contributed by atoms with E-state index in [0.717, 1.165) is 11.1 Å². The van der Waals surface area contributed by atoms with Crippen LogP contribution in [0.1, 0.15) is 23.6 Å². The minimum Gasteiger partial charge on any atom is -0.374 e. The lowest BCUT2D eigenvalue weighted by Crippen LogP contribution is -2.20. The molecule has 12 heavy (non-hydrogen) atoms. The molecule has 1 aliphatic rings. The van der Waals surface area contributed by atoms with Crippen molar-refractivity contribution in [2.75, 3.05) is 7.05 Å². The Morgan fingerprint density at radius 3 is 1.92 bits per heavy atom. The molecule has 1 heterocycles. The SMILES string of the molecule is CN1[C@H](O)c2ccccc2[C@@H]1O. The van der Waals surface area contributed by atoms with Gasteiger partial charge in [-0.05, 0) is 7.05 Å². The average Bonchev–Trinajstić information content (AvgIpc) is 2.33. The van der Waals surface area contributed by atoms with Gasteiger partial charge < -0.3 is 10.2 Å². The van der Waals surface area contributed by atoms with E-state index >= 15 is 0 Å². The fourth-order valence-electron chi connectivity index (χ4n) is 1.55. The second kappa shape index (κ2) is 2.55. The molecule has 0 aliphatic carbocycles. The van der Waals surface area contributed by atoms with Crippen LogP contribution in [-0.4, -0.2) is 22.2 Å². The maximum atomic E-state index is 9.59. The van der Waals surface area contributed by atoms with E-state index in [0.29, 0.717) is 0 Å². The number of rotatable bonds is 0. The van der Waals surface area contributed by atoms with Crippen molar-refractivity contribution in [3.8, 4) is 0 Å². The number of aliphatic hydroxyl groups excluding tert-OH is 2.